The molecule has 0 amide bonds. The smallest absolute Gasteiger partial charge is 0.222 e. The van der Waals surface area contributed by atoms with E-state index in [0.29, 0.717) is 9.13 Å². The Morgan fingerprint density at radius 2 is 1.27 bits per heavy atom. The molecule has 2 aromatic rings. The Morgan fingerprint density at radius 3 is 1.65 bits per heavy atom. The second-order valence-corrected chi connectivity index (χ2v) is 5.63. The highest BCUT2D eigenvalue weighted by Gasteiger charge is 2.05. The molecular formula is C20H16F4IN. The third kappa shape index (κ3) is 9.11. The molecule has 2 rings (SSSR count). The van der Waals surface area contributed by atoms with E-state index >= 15 is 0 Å². The third-order valence-electron chi connectivity index (χ3n) is 2.55. The van der Waals surface area contributed by atoms with Crippen LogP contribution in [-0.2, 0) is 0 Å². The number of rotatable bonds is 0. The van der Waals surface area contributed by atoms with Crippen LogP contribution < -0.4 is 0 Å². The molecule has 0 unspecified atom stereocenters. The maximum atomic E-state index is 12.6. The highest BCUT2D eigenvalue weighted by molar-refractivity contribution is 14.1. The van der Waals surface area contributed by atoms with E-state index < -0.39 is 23.3 Å². The molecule has 0 atom stereocenters. The van der Waals surface area contributed by atoms with Crippen LogP contribution in [0.2, 0.25) is 0 Å². The number of aryl methyl sites for hydroxylation is 2. The van der Waals surface area contributed by atoms with Crippen molar-refractivity contribution in [2.75, 3.05) is 0 Å². The first-order valence-electron chi connectivity index (χ1n) is 6.82. The predicted molar refractivity (Wildman–Crippen MR) is 106 cm³/mol. The van der Waals surface area contributed by atoms with Gasteiger partial charge in [0.25, 0.3) is 0 Å². The molecule has 0 aliphatic carbocycles. The molecule has 0 aromatic heterocycles. The quantitative estimate of drug-likeness (QED) is 0.134. The summed E-state index contributed by atoms with van der Waals surface area (Å²) in [6.07, 6.45) is 12.6. The predicted octanol–water partition coefficient (Wildman–Crippen LogP) is 6.59. The van der Waals surface area contributed by atoms with Gasteiger partial charge in [0.05, 0.1) is 6.57 Å². The number of hydrogen-bond acceptors (Lipinski definition) is 0. The van der Waals surface area contributed by atoms with Crippen molar-refractivity contribution in [2.24, 2.45) is 0 Å². The fourth-order valence-electron chi connectivity index (χ4n) is 1.35. The van der Waals surface area contributed by atoms with Gasteiger partial charge in [-0.1, -0.05) is 0 Å². The monoisotopic (exact) mass is 473 g/mol. The van der Waals surface area contributed by atoms with Gasteiger partial charge in [0.1, 0.15) is 23.3 Å². The van der Waals surface area contributed by atoms with Gasteiger partial charge in [-0.2, -0.15) is 0 Å². The van der Waals surface area contributed by atoms with Crippen molar-refractivity contribution in [1.29, 1.82) is 0 Å². The lowest BCUT2D eigenvalue weighted by molar-refractivity contribution is 0.572. The Bertz CT molecular complexity index is 780. The summed E-state index contributed by atoms with van der Waals surface area (Å²) >= 11 is 1.82. The molecule has 2 aromatic carbocycles. The molecule has 0 heterocycles. The molecule has 136 valence electrons. The number of nitrogens with zero attached hydrogens (tertiary/aromatic N) is 1. The van der Waals surface area contributed by atoms with E-state index in [9.17, 15) is 17.6 Å². The van der Waals surface area contributed by atoms with Crippen LogP contribution >= 0.6 is 22.6 Å². The largest absolute Gasteiger partial charge is 0.235 e. The summed E-state index contributed by atoms with van der Waals surface area (Å²) in [5.74, 6) is -0.153. The molecule has 0 aliphatic heterocycles. The zero-order chi connectivity index (χ0) is 20.9. The van der Waals surface area contributed by atoms with Crippen molar-refractivity contribution in [3.63, 3.8) is 0 Å². The van der Waals surface area contributed by atoms with E-state index in [1.165, 1.54) is 19.1 Å². The summed E-state index contributed by atoms with van der Waals surface area (Å²) in [4.78, 5) is 2.88. The highest BCUT2D eigenvalue weighted by Crippen LogP contribution is 2.21. The minimum absolute atomic E-state index is 0.135. The van der Waals surface area contributed by atoms with Crippen LogP contribution in [0.25, 0.3) is 4.85 Å². The van der Waals surface area contributed by atoms with Crippen LogP contribution in [0.4, 0.5) is 23.2 Å². The first-order chi connectivity index (χ1) is 12.2. The molecule has 26 heavy (non-hydrogen) atoms. The summed E-state index contributed by atoms with van der Waals surface area (Å²) < 4.78 is 50.6. The molecule has 0 aliphatic rings. The molecule has 0 spiro atoms. The minimum atomic E-state index is -0.803. The lowest BCUT2D eigenvalue weighted by atomic mass is 10.2. The Labute approximate surface area is 165 Å². The number of terminal acetylenes is 2. The summed E-state index contributed by atoms with van der Waals surface area (Å²) in [5, 5.41) is 0. The van der Waals surface area contributed by atoms with Gasteiger partial charge in [0.2, 0.25) is 5.69 Å². The van der Waals surface area contributed by atoms with Gasteiger partial charge in [-0.25, -0.2) is 22.4 Å². The van der Waals surface area contributed by atoms with Crippen LogP contribution in [-0.4, -0.2) is 0 Å². The van der Waals surface area contributed by atoms with Gasteiger partial charge in [0, 0.05) is 9.64 Å². The molecule has 1 nitrogen and oxygen atoms in total. The van der Waals surface area contributed by atoms with Crippen molar-refractivity contribution in [1.82, 2.24) is 0 Å². The molecule has 0 saturated heterocycles. The van der Waals surface area contributed by atoms with E-state index in [0.717, 1.165) is 12.1 Å². The SMILES string of the molecule is C#C.C#CC.Cc1cc(I)c(F)cc1F.[C-]#[N+]c1cc(C)c(F)cc1F. The molecule has 0 radical (unpaired) electrons. The van der Waals surface area contributed by atoms with Crippen LogP contribution in [0.3, 0.4) is 0 Å². The van der Waals surface area contributed by atoms with E-state index in [4.69, 9.17) is 6.57 Å². The third-order valence-corrected chi connectivity index (χ3v) is 3.38. The first kappa shape index (κ1) is 25.7. The molecule has 0 N–H and O–H groups in total. The average molecular weight is 473 g/mol. The summed E-state index contributed by atoms with van der Waals surface area (Å²) in [6.45, 7) is 11.3. The van der Waals surface area contributed by atoms with Gasteiger partial charge >= 0.3 is 0 Å². The van der Waals surface area contributed by atoms with Crippen molar-refractivity contribution in [3.8, 4) is 25.2 Å². The van der Waals surface area contributed by atoms with Crippen molar-refractivity contribution >= 4 is 28.3 Å². The van der Waals surface area contributed by atoms with Crippen LogP contribution in [0.1, 0.15) is 18.1 Å². The zero-order valence-corrected chi connectivity index (χ0v) is 16.5. The fourth-order valence-corrected chi connectivity index (χ4v) is 1.97. The minimum Gasteiger partial charge on any atom is -0.235 e. The van der Waals surface area contributed by atoms with Gasteiger partial charge in [0.15, 0.2) is 0 Å². The standard InChI is InChI=1S/C8H5F2N.C7H5F2I.C3H4.C2H2/c1-5-3-8(11-2)7(10)4-6(5)9;1-4-2-7(10)6(9)3-5(4)8;1-3-2;1-2/h3-4H,1H3;2-3H,1H3;1H,2H3;1-2H. The van der Waals surface area contributed by atoms with Crippen LogP contribution in [0.15, 0.2) is 24.3 Å². The Hall–Kier alpha value is -2.50. The molecular weight excluding hydrogens is 457 g/mol. The molecule has 0 saturated carbocycles. The Kier molecular flexibility index (Phi) is 13.6. The van der Waals surface area contributed by atoms with Gasteiger partial charge in [-0.15, -0.1) is 25.2 Å². The maximum Gasteiger partial charge on any atom is 0.222 e. The Morgan fingerprint density at radius 1 is 0.885 bits per heavy atom. The van der Waals surface area contributed by atoms with Crippen molar-refractivity contribution < 1.29 is 17.6 Å². The Balaban J connectivity index is 0. The van der Waals surface area contributed by atoms with E-state index in [2.05, 4.69) is 30.0 Å². The second-order valence-electron chi connectivity index (χ2n) is 4.47. The van der Waals surface area contributed by atoms with E-state index in [-0.39, 0.29) is 11.3 Å². The van der Waals surface area contributed by atoms with Crippen molar-refractivity contribution in [2.45, 2.75) is 20.8 Å². The van der Waals surface area contributed by atoms with Crippen LogP contribution in [0.5, 0.6) is 0 Å². The topological polar surface area (TPSA) is 4.36 Å². The normalized spacial score (nSPS) is 8.15. The number of halogens is 5. The zero-order valence-electron chi connectivity index (χ0n) is 14.4. The molecule has 0 fully saturated rings. The highest BCUT2D eigenvalue weighted by atomic mass is 127. The van der Waals surface area contributed by atoms with Gasteiger partial charge in [-0.05, 0) is 72.7 Å². The molecule has 6 heteroatoms. The lowest BCUT2D eigenvalue weighted by Crippen LogP contribution is -1.87. The fraction of sp³-hybridized carbons (Fsp3) is 0.150. The lowest BCUT2D eigenvalue weighted by Gasteiger charge is -1.97. The van der Waals surface area contributed by atoms with Crippen LogP contribution in [0, 0.1) is 72.4 Å². The van der Waals surface area contributed by atoms with Gasteiger partial charge in [-0.3, -0.25) is 0 Å². The summed E-state index contributed by atoms with van der Waals surface area (Å²) in [7, 11) is 0. The second kappa shape index (κ2) is 13.8. The maximum absolute atomic E-state index is 12.6. The van der Waals surface area contributed by atoms with E-state index in [1.54, 1.807) is 13.8 Å². The van der Waals surface area contributed by atoms with Crippen molar-refractivity contribution in [3.05, 3.63) is 73.6 Å². The van der Waals surface area contributed by atoms with Gasteiger partial charge < -0.3 is 0 Å². The molecule has 0 bridgehead atoms. The average Bonchev–Trinajstić information content (AvgIpc) is 2.59. The summed E-state index contributed by atoms with van der Waals surface area (Å²) in [6, 6.07) is 4.29. The number of hydrogen-bond donors (Lipinski definition) is 0. The first-order valence-corrected chi connectivity index (χ1v) is 7.90. The summed E-state index contributed by atoms with van der Waals surface area (Å²) in [5.41, 5.74) is 0.632. The number of benzene rings is 2. The van der Waals surface area contributed by atoms with E-state index in [1.807, 2.05) is 22.6 Å².